The van der Waals surface area contributed by atoms with Gasteiger partial charge in [0, 0.05) is 18.3 Å². The van der Waals surface area contributed by atoms with Gasteiger partial charge < -0.3 is 5.32 Å². The first-order valence-electron chi connectivity index (χ1n) is 5.38. The van der Waals surface area contributed by atoms with Gasteiger partial charge in [-0.05, 0) is 19.1 Å². The fraction of sp³-hybridized carbons (Fsp3) is 0.455. The fourth-order valence-corrected chi connectivity index (χ4v) is 1.58. The average molecular weight is 335 g/mol. The van der Waals surface area contributed by atoms with Crippen LogP contribution in [0.3, 0.4) is 0 Å². The normalized spacial score (nSPS) is 13.2. The van der Waals surface area contributed by atoms with Crippen LogP contribution < -0.4 is 5.32 Å². The molecule has 0 aliphatic rings. The first-order chi connectivity index (χ1) is 9.29. The molecule has 0 atom stereocenters. The van der Waals surface area contributed by atoms with Gasteiger partial charge in [-0.2, -0.15) is 26.3 Å². The largest absolute Gasteiger partial charge is 0.392 e. The minimum absolute atomic E-state index is 0.193. The van der Waals surface area contributed by atoms with Gasteiger partial charge in [0.05, 0.1) is 0 Å². The lowest BCUT2D eigenvalue weighted by atomic mass is 10.1. The summed E-state index contributed by atoms with van der Waals surface area (Å²) < 4.78 is 77.8. The molecule has 0 aromatic carbocycles. The lowest BCUT2D eigenvalue weighted by Crippen LogP contribution is -2.58. The molecule has 1 aromatic heterocycles. The van der Waals surface area contributed by atoms with Crippen LogP contribution in [0.5, 0.6) is 0 Å². The standard InChI is InChI=1S/C11H9ClF6N2O/c1-5-3-6(4-7(12)19-5)20-8(21)10(15,16)11(17,18)9(2,13)14/h3-4H,1-2H3,(H,19,20,21). The molecule has 3 nitrogen and oxygen atoms in total. The van der Waals surface area contributed by atoms with E-state index in [-0.39, 0.29) is 16.5 Å². The molecular formula is C11H9ClF6N2O. The zero-order chi connectivity index (χ0) is 16.6. The number of amides is 1. The van der Waals surface area contributed by atoms with Crippen LogP contribution in [0, 0.1) is 6.92 Å². The Morgan fingerprint density at radius 1 is 1.19 bits per heavy atom. The lowest BCUT2D eigenvalue weighted by molar-refractivity contribution is -0.289. The Bertz CT molecular complexity index is 538. The van der Waals surface area contributed by atoms with Crippen molar-refractivity contribution in [2.45, 2.75) is 31.6 Å². The van der Waals surface area contributed by atoms with E-state index < -0.39 is 30.6 Å². The van der Waals surface area contributed by atoms with E-state index in [1.165, 1.54) is 12.2 Å². The molecule has 0 saturated heterocycles. The monoisotopic (exact) mass is 334 g/mol. The van der Waals surface area contributed by atoms with Crippen LogP contribution in [0.25, 0.3) is 0 Å². The summed E-state index contributed by atoms with van der Waals surface area (Å²) in [5, 5.41) is 1.22. The lowest BCUT2D eigenvalue weighted by Gasteiger charge is -2.29. The predicted molar refractivity (Wildman–Crippen MR) is 63.1 cm³/mol. The van der Waals surface area contributed by atoms with E-state index in [0.29, 0.717) is 0 Å². The summed E-state index contributed by atoms with van der Waals surface area (Å²) in [6, 6.07) is 1.97. The first kappa shape index (κ1) is 17.5. The number of carbonyl (C=O) groups is 1. The molecule has 1 heterocycles. The summed E-state index contributed by atoms with van der Waals surface area (Å²) in [6.07, 6.45) is 0. The zero-order valence-corrected chi connectivity index (χ0v) is 11.4. The second-order valence-electron chi connectivity index (χ2n) is 4.31. The molecule has 118 valence electrons. The number of hydrogen-bond acceptors (Lipinski definition) is 2. The third-order valence-electron chi connectivity index (χ3n) is 2.41. The highest BCUT2D eigenvalue weighted by Crippen LogP contribution is 2.45. The molecule has 1 rings (SSSR count). The number of hydrogen-bond donors (Lipinski definition) is 1. The average Bonchev–Trinajstić information content (AvgIpc) is 2.25. The molecule has 0 saturated carbocycles. The molecular weight excluding hydrogens is 326 g/mol. The summed E-state index contributed by atoms with van der Waals surface area (Å²) in [5.74, 6) is -19.1. The molecule has 0 radical (unpaired) electrons. The molecule has 1 N–H and O–H groups in total. The van der Waals surface area contributed by atoms with Gasteiger partial charge in [0.15, 0.2) is 0 Å². The fourth-order valence-electron chi connectivity index (χ4n) is 1.33. The van der Waals surface area contributed by atoms with E-state index in [4.69, 9.17) is 11.6 Å². The van der Waals surface area contributed by atoms with Crippen LogP contribution in [-0.2, 0) is 4.79 Å². The smallest absolute Gasteiger partial charge is 0.320 e. The second kappa shape index (κ2) is 5.36. The Balaban J connectivity index is 3.07. The van der Waals surface area contributed by atoms with Gasteiger partial charge in [0.1, 0.15) is 5.15 Å². The maximum atomic E-state index is 13.3. The van der Waals surface area contributed by atoms with E-state index in [1.807, 2.05) is 0 Å². The van der Waals surface area contributed by atoms with Crippen LogP contribution in [0.1, 0.15) is 12.6 Å². The summed E-state index contributed by atoms with van der Waals surface area (Å²) in [6.45, 7) is 0.996. The van der Waals surface area contributed by atoms with Gasteiger partial charge in [-0.1, -0.05) is 11.6 Å². The molecule has 1 amide bonds. The van der Waals surface area contributed by atoms with Crippen LogP contribution in [-0.4, -0.2) is 28.7 Å². The van der Waals surface area contributed by atoms with Gasteiger partial charge in [0.2, 0.25) is 0 Å². The van der Waals surface area contributed by atoms with Crippen molar-refractivity contribution in [2.24, 2.45) is 0 Å². The molecule has 1 aromatic rings. The minimum atomic E-state index is -5.85. The van der Waals surface area contributed by atoms with Crippen molar-refractivity contribution in [2.75, 3.05) is 5.32 Å². The number of halogens is 7. The van der Waals surface area contributed by atoms with Crippen molar-refractivity contribution in [1.82, 2.24) is 4.98 Å². The summed E-state index contributed by atoms with van der Waals surface area (Å²) in [4.78, 5) is 14.9. The van der Waals surface area contributed by atoms with Crippen molar-refractivity contribution in [3.63, 3.8) is 0 Å². The van der Waals surface area contributed by atoms with Crippen LogP contribution in [0.15, 0.2) is 12.1 Å². The van der Waals surface area contributed by atoms with Gasteiger partial charge >= 0.3 is 23.7 Å². The number of anilines is 1. The number of rotatable bonds is 4. The van der Waals surface area contributed by atoms with Gasteiger partial charge in [-0.25, -0.2) is 4.98 Å². The highest BCUT2D eigenvalue weighted by molar-refractivity contribution is 6.29. The maximum Gasteiger partial charge on any atom is 0.392 e. The first-order valence-corrected chi connectivity index (χ1v) is 5.76. The molecule has 0 spiro atoms. The third-order valence-corrected chi connectivity index (χ3v) is 2.60. The SMILES string of the molecule is Cc1cc(NC(=O)C(F)(F)C(F)(F)C(C)(F)F)cc(Cl)n1. The topological polar surface area (TPSA) is 42.0 Å². The predicted octanol–water partition coefficient (Wildman–Crippen LogP) is 3.91. The summed E-state index contributed by atoms with van der Waals surface area (Å²) >= 11 is 5.49. The quantitative estimate of drug-likeness (QED) is 0.670. The number of aromatic nitrogens is 1. The number of nitrogens with zero attached hydrogens (tertiary/aromatic N) is 1. The maximum absolute atomic E-state index is 13.3. The molecule has 0 aliphatic heterocycles. The number of nitrogens with one attached hydrogen (secondary N) is 1. The van der Waals surface area contributed by atoms with E-state index in [9.17, 15) is 31.1 Å². The minimum Gasteiger partial charge on any atom is -0.320 e. The van der Waals surface area contributed by atoms with Crippen molar-refractivity contribution in [3.05, 3.63) is 23.0 Å². The number of pyridine rings is 1. The van der Waals surface area contributed by atoms with Gasteiger partial charge in [-0.3, -0.25) is 4.79 Å². The third kappa shape index (κ3) is 3.39. The zero-order valence-electron chi connectivity index (χ0n) is 10.7. The van der Waals surface area contributed by atoms with E-state index in [2.05, 4.69) is 4.98 Å². The Kier molecular flexibility index (Phi) is 4.48. The van der Waals surface area contributed by atoms with E-state index in [1.54, 1.807) is 0 Å². The van der Waals surface area contributed by atoms with Crippen molar-refractivity contribution < 1.29 is 31.1 Å². The molecule has 0 aliphatic carbocycles. The molecule has 10 heteroatoms. The van der Waals surface area contributed by atoms with Crippen LogP contribution in [0.2, 0.25) is 5.15 Å². The van der Waals surface area contributed by atoms with Crippen LogP contribution >= 0.6 is 11.6 Å². The van der Waals surface area contributed by atoms with Gasteiger partial charge in [-0.15, -0.1) is 0 Å². The Hall–Kier alpha value is -1.51. The Morgan fingerprint density at radius 3 is 2.14 bits per heavy atom. The van der Waals surface area contributed by atoms with Crippen molar-refractivity contribution in [1.29, 1.82) is 0 Å². The Morgan fingerprint density at radius 2 is 1.71 bits per heavy atom. The van der Waals surface area contributed by atoms with Crippen LogP contribution in [0.4, 0.5) is 32.0 Å². The second-order valence-corrected chi connectivity index (χ2v) is 4.70. The molecule has 0 unspecified atom stereocenters. The van der Waals surface area contributed by atoms with Crippen molar-refractivity contribution >= 4 is 23.2 Å². The molecule has 21 heavy (non-hydrogen) atoms. The highest BCUT2D eigenvalue weighted by Gasteiger charge is 2.72. The number of carbonyl (C=O) groups excluding carboxylic acids is 1. The van der Waals surface area contributed by atoms with E-state index in [0.717, 1.165) is 12.1 Å². The number of aryl methyl sites for hydroxylation is 1. The van der Waals surface area contributed by atoms with Crippen molar-refractivity contribution in [3.8, 4) is 0 Å². The summed E-state index contributed by atoms with van der Waals surface area (Å²) in [5.41, 5.74) is -0.166. The van der Waals surface area contributed by atoms with Gasteiger partial charge in [0.25, 0.3) is 0 Å². The highest BCUT2D eigenvalue weighted by atomic mass is 35.5. The van der Waals surface area contributed by atoms with E-state index >= 15 is 0 Å². The summed E-state index contributed by atoms with van der Waals surface area (Å²) in [7, 11) is 0. The number of alkyl halides is 6. The molecule has 0 bridgehead atoms. The Labute approximate surface area is 120 Å². The molecule has 0 fully saturated rings.